The third-order valence-electron chi connectivity index (χ3n) is 4.20. The zero-order chi connectivity index (χ0) is 20.3. The maximum absolute atomic E-state index is 12.5. The fourth-order valence-electron chi connectivity index (χ4n) is 2.82. The van der Waals surface area contributed by atoms with Crippen molar-refractivity contribution in [3.8, 4) is 16.9 Å². The van der Waals surface area contributed by atoms with E-state index in [9.17, 15) is 9.59 Å². The van der Waals surface area contributed by atoms with Crippen molar-refractivity contribution in [2.45, 2.75) is 4.90 Å². The minimum Gasteiger partial charge on any atom is -0.496 e. The zero-order valence-electron chi connectivity index (χ0n) is 15.3. The molecule has 3 rings (SSSR count). The van der Waals surface area contributed by atoms with Gasteiger partial charge < -0.3 is 14.7 Å². The highest BCUT2D eigenvalue weighted by atomic mass is 79.9. The highest BCUT2D eigenvalue weighted by Crippen LogP contribution is 2.40. The summed E-state index contributed by atoms with van der Waals surface area (Å²) in [6.07, 6.45) is 0. The number of carbonyl (C=O) groups excluding carboxylic acids is 1. The maximum atomic E-state index is 12.5. The number of halogens is 1. The Morgan fingerprint density at radius 3 is 2.43 bits per heavy atom. The molecule has 0 aliphatic rings. The van der Waals surface area contributed by atoms with Crippen molar-refractivity contribution in [3.05, 3.63) is 59.1 Å². The Balaban J connectivity index is 2.13. The largest absolute Gasteiger partial charge is 0.496 e. The van der Waals surface area contributed by atoms with Gasteiger partial charge in [-0.05, 0) is 68.5 Å². The van der Waals surface area contributed by atoms with Crippen LogP contribution < -0.4 is 4.74 Å². The van der Waals surface area contributed by atoms with Crippen LogP contribution >= 0.6 is 27.7 Å². The molecule has 0 saturated carbocycles. The zero-order valence-corrected chi connectivity index (χ0v) is 17.7. The Bertz CT molecular complexity index is 1040. The van der Waals surface area contributed by atoms with Gasteiger partial charge in [0.1, 0.15) is 12.3 Å². The number of fused-ring (bicyclic) bond motifs is 1. The number of benzene rings is 3. The lowest BCUT2D eigenvalue weighted by Gasteiger charge is -2.16. The molecule has 1 amide bonds. The molecule has 0 fully saturated rings. The van der Waals surface area contributed by atoms with Crippen molar-refractivity contribution >= 4 is 49.7 Å². The summed E-state index contributed by atoms with van der Waals surface area (Å²) >= 11 is 4.62. The second-order valence-electron chi connectivity index (χ2n) is 6.14. The molecule has 3 aromatic rings. The molecule has 5 nitrogen and oxygen atoms in total. The van der Waals surface area contributed by atoms with Gasteiger partial charge in [0, 0.05) is 17.3 Å². The molecule has 0 aromatic heterocycles. The van der Waals surface area contributed by atoms with Crippen LogP contribution in [0.25, 0.3) is 21.9 Å². The smallest absolute Gasteiger partial charge is 0.323 e. The second kappa shape index (κ2) is 8.67. The summed E-state index contributed by atoms with van der Waals surface area (Å²) in [5, 5.41) is 10.4. The van der Waals surface area contributed by atoms with Crippen LogP contribution in [-0.4, -0.2) is 41.9 Å². The molecular formula is C21H18BrNO4S. The topological polar surface area (TPSA) is 66.8 Å². The molecule has 0 atom stereocenters. The van der Waals surface area contributed by atoms with Gasteiger partial charge in [0.05, 0.1) is 11.6 Å². The summed E-state index contributed by atoms with van der Waals surface area (Å²) in [5.74, 6) is -0.352. The number of ether oxygens (including phenoxy) is 1. The molecule has 0 radical (unpaired) electrons. The number of carbonyl (C=O) groups is 2. The monoisotopic (exact) mass is 459 g/mol. The molecule has 0 bridgehead atoms. The molecule has 3 aromatic carbocycles. The third-order valence-corrected chi connectivity index (χ3v) is 6.07. The van der Waals surface area contributed by atoms with E-state index in [0.717, 1.165) is 43.0 Å². The van der Waals surface area contributed by atoms with Gasteiger partial charge in [0.2, 0.25) is 0 Å². The summed E-state index contributed by atoms with van der Waals surface area (Å²) in [4.78, 5) is 25.4. The van der Waals surface area contributed by atoms with Crippen molar-refractivity contribution in [3.63, 3.8) is 0 Å². The number of amides is 1. The number of nitrogens with zero attached hydrogens (tertiary/aromatic N) is 1. The van der Waals surface area contributed by atoms with E-state index in [4.69, 9.17) is 9.84 Å². The Labute approximate surface area is 175 Å². The second-order valence-corrected chi connectivity index (χ2v) is 7.92. The number of methoxy groups -OCH3 is 1. The highest BCUT2D eigenvalue weighted by Gasteiger charge is 2.18. The first-order valence-electron chi connectivity index (χ1n) is 8.41. The van der Waals surface area contributed by atoms with Crippen molar-refractivity contribution < 1.29 is 19.4 Å². The average molecular weight is 460 g/mol. The van der Waals surface area contributed by atoms with E-state index in [0.29, 0.717) is 5.75 Å². The Morgan fingerprint density at radius 1 is 1.07 bits per heavy atom. The van der Waals surface area contributed by atoms with Crippen LogP contribution in [0.2, 0.25) is 0 Å². The van der Waals surface area contributed by atoms with Crippen LogP contribution in [0, 0.1) is 0 Å². The number of carboxylic acid groups (broad SMARTS) is 1. The van der Waals surface area contributed by atoms with E-state index in [1.165, 1.54) is 11.9 Å². The molecule has 7 heteroatoms. The minimum atomic E-state index is -1.05. The summed E-state index contributed by atoms with van der Waals surface area (Å²) in [6, 6.07) is 17.6. The average Bonchev–Trinajstić information content (AvgIpc) is 2.68. The Hall–Kier alpha value is -2.51. The van der Waals surface area contributed by atoms with Gasteiger partial charge in [-0.3, -0.25) is 9.59 Å². The molecule has 0 heterocycles. The van der Waals surface area contributed by atoms with Gasteiger partial charge in [0.25, 0.3) is 5.24 Å². The number of likely N-dealkylation sites (N-methyl/N-ethyl adjacent to an activating group) is 1. The van der Waals surface area contributed by atoms with Crippen molar-refractivity contribution in [1.29, 1.82) is 0 Å². The standard InChI is InChI=1S/C21H18BrNO4S/c1-23(12-19(24)25)21(26)28-18-11-14(13-6-4-3-5-7-13)10-16-15(18)8-9-17(27-2)20(16)22/h3-11H,12H2,1-2H3,(H,24,25). The third kappa shape index (κ3) is 4.31. The number of carboxylic acids is 1. The van der Waals surface area contributed by atoms with Crippen LogP contribution in [0.1, 0.15) is 0 Å². The lowest BCUT2D eigenvalue weighted by Crippen LogP contribution is -2.28. The lowest BCUT2D eigenvalue weighted by molar-refractivity contribution is -0.137. The molecule has 28 heavy (non-hydrogen) atoms. The van der Waals surface area contributed by atoms with Crippen LogP contribution in [-0.2, 0) is 4.79 Å². The summed E-state index contributed by atoms with van der Waals surface area (Å²) in [6.45, 7) is -0.348. The van der Waals surface area contributed by atoms with Crippen molar-refractivity contribution in [1.82, 2.24) is 4.90 Å². The number of thioether (sulfide) groups is 1. The van der Waals surface area contributed by atoms with Crippen LogP contribution in [0.4, 0.5) is 4.79 Å². The first-order chi connectivity index (χ1) is 13.4. The van der Waals surface area contributed by atoms with Crippen LogP contribution in [0.3, 0.4) is 0 Å². The van der Waals surface area contributed by atoms with E-state index in [-0.39, 0.29) is 11.8 Å². The molecule has 144 valence electrons. The summed E-state index contributed by atoms with van der Waals surface area (Å²) < 4.78 is 6.21. The molecular weight excluding hydrogens is 442 g/mol. The van der Waals surface area contributed by atoms with Gasteiger partial charge >= 0.3 is 5.97 Å². The quantitative estimate of drug-likeness (QED) is 0.509. The van der Waals surface area contributed by atoms with E-state index in [1.807, 2.05) is 54.6 Å². The predicted molar refractivity (Wildman–Crippen MR) is 115 cm³/mol. The highest BCUT2D eigenvalue weighted by molar-refractivity contribution is 9.10. The van der Waals surface area contributed by atoms with Gasteiger partial charge in [-0.25, -0.2) is 0 Å². The van der Waals surface area contributed by atoms with E-state index in [1.54, 1.807) is 7.11 Å². The fraction of sp³-hybridized carbons (Fsp3) is 0.143. The minimum absolute atomic E-state index is 0.333. The van der Waals surface area contributed by atoms with E-state index >= 15 is 0 Å². The molecule has 0 unspecified atom stereocenters. The van der Waals surface area contributed by atoms with Gasteiger partial charge in [-0.15, -0.1) is 0 Å². The normalized spacial score (nSPS) is 10.7. The van der Waals surface area contributed by atoms with Gasteiger partial charge in [-0.1, -0.05) is 30.3 Å². The number of hydrogen-bond acceptors (Lipinski definition) is 4. The predicted octanol–water partition coefficient (Wildman–Crippen LogP) is 5.51. The van der Waals surface area contributed by atoms with Crippen LogP contribution in [0.5, 0.6) is 5.75 Å². The summed E-state index contributed by atoms with van der Waals surface area (Å²) in [5.41, 5.74) is 1.98. The Morgan fingerprint density at radius 2 is 1.79 bits per heavy atom. The van der Waals surface area contributed by atoms with Gasteiger partial charge in [-0.2, -0.15) is 0 Å². The SMILES string of the molecule is COc1ccc2c(SC(=O)N(C)CC(=O)O)cc(-c3ccccc3)cc2c1Br. The molecule has 0 aliphatic carbocycles. The maximum Gasteiger partial charge on any atom is 0.323 e. The van der Waals surface area contributed by atoms with E-state index in [2.05, 4.69) is 15.9 Å². The number of rotatable bonds is 5. The molecule has 1 N–H and O–H groups in total. The molecule has 0 saturated heterocycles. The molecule has 0 aliphatic heterocycles. The van der Waals surface area contributed by atoms with Crippen molar-refractivity contribution in [2.75, 3.05) is 20.7 Å². The van der Waals surface area contributed by atoms with E-state index < -0.39 is 5.97 Å². The van der Waals surface area contributed by atoms with Crippen molar-refractivity contribution in [2.24, 2.45) is 0 Å². The summed E-state index contributed by atoms with van der Waals surface area (Å²) in [7, 11) is 3.08. The van der Waals surface area contributed by atoms with Crippen LogP contribution in [0.15, 0.2) is 64.0 Å². The first kappa shape index (κ1) is 20.2. The Kier molecular flexibility index (Phi) is 6.26. The lowest BCUT2D eigenvalue weighted by atomic mass is 10.0. The number of hydrogen-bond donors (Lipinski definition) is 1. The molecule has 0 spiro atoms. The fourth-order valence-corrected chi connectivity index (χ4v) is 4.33. The van der Waals surface area contributed by atoms with Gasteiger partial charge in [0.15, 0.2) is 0 Å². The number of aliphatic carboxylic acids is 1. The first-order valence-corrected chi connectivity index (χ1v) is 10.0.